The van der Waals surface area contributed by atoms with Gasteiger partial charge in [-0.2, -0.15) is 0 Å². The van der Waals surface area contributed by atoms with E-state index >= 15 is 4.39 Å². The highest BCUT2D eigenvalue weighted by Gasteiger charge is 2.71. The van der Waals surface area contributed by atoms with Crippen LogP contribution in [0.2, 0.25) is 0 Å². The highest BCUT2D eigenvalue weighted by Crippen LogP contribution is 2.66. The molecule has 2 aliphatic heterocycles. The quantitative estimate of drug-likeness (QED) is 0.547. The molecule has 1 aliphatic carbocycles. The molecule has 37 heavy (non-hydrogen) atoms. The second-order valence-electron chi connectivity index (χ2n) is 9.13. The normalized spacial score (nSPS) is 26.4. The molecule has 10 nitrogen and oxygen atoms in total. The first-order valence-corrected chi connectivity index (χ1v) is 12.5. The monoisotopic (exact) mass is 524 g/mol. The SMILES string of the molecule is C#CCOc1cnc(C(=O)Nc2ccc(F)c([C@@]3(C)N=C(N)S[C@@]4(C(=O)N5CCOCC5)CC43)c2)cn1. The van der Waals surface area contributed by atoms with Crippen molar-refractivity contribution in [2.24, 2.45) is 16.6 Å². The van der Waals surface area contributed by atoms with Crippen molar-refractivity contribution in [1.82, 2.24) is 14.9 Å². The molecule has 0 radical (unpaired) electrons. The molecule has 1 saturated carbocycles. The largest absolute Gasteiger partial charge is 0.463 e. The Morgan fingerprint density at radius 1 is 1.35 bits per heavy atom. The second-order valence-corrected chi connectivity index (χ2v) is 10.5. The van der Waals surface area contributed by atoms with Crippen LogP contribution < -0.4 is 15.8 Å². The van der Waals surface area contributed by atoms with Gasteiger partial charge in [0.1, 0.15) is 16.3 Å². The van der Waals surface area contributed by atoms with Gasteiger partial charge in [0.05, 0.1) is 31.1 Å². The summed E-state index contributed by atoms with van der Waals surface area (Å²) in [5.41, 5.74) is 5.74. The molecule has 3 N–H and O–H groups in total. The summed E-state index contributed by atoms with van der Waals surface area (Å²) in [6.07, 6.45) is 8.22. The minimum absolute atomic E-state index is 0.0204. The van der Waals surface area contributed by atoms with E-state index in [2.05, 4.69) is 26.2 Å². The number of rotatable bonds is 6. The number of aromatic nitrogens is 2. The van der Waals surface area contributed by atoms with Crippen molar-refractivity contribution in [1.29, 1.82) is 0 Å². The van der Waals surface area contributed by atoms with Crippen molar-refractivity contribution < 1.29 is 23.5 Å². The van der Waals surface area contributed by atoms with Crippen LogP contribution in [0.4, 0.5) is 10.1 Å². The molecule has 3 atom stereocenters. The third-order valence-corrected chi connectivity index (χ3v) is 8.10. The Kier molecular flexibility index (Phi) is 6.51. The first kappa shape index (κ1) is 25.0. The molecular formula is C25H25FN6O4S. The van der Waals surface area contributed by atoms with E-state index in [4.69, 9.17) is 21.6 Å². The van der Waals surface area contributed by atoms with Crippen LogP contribution in [0.5, 0.6) is 5.88 Å². The third-order valence-electron chi connectivity index (χ3n) is 6.81. The number of thioether (sulfide) groups is 1. The maximum atomic E-state index is 15.2. The number of hydrogen-bond donors (Lipinski definition) is 2. The highest BCUT2D eigenvalue weighted by molar-refractivity contribution is 8.15. The molecule has 1 aromatic heterocycles. The summed E-state index contributed by atoms with van der Waals surface area (Å²) in [4.78, 5) is 40.7. The molecule has 1 saturated heterocycles. The van der Waals surface area contributed by atoms with Gasteiger partial charge in [-0.25, -0.2) is 14.4 Å². The summed E-state index contributed by atoms with van der Waals surface area (Å²) >= 11 is 1.25. The van der Waals surface area contributed by atoms with E-state index < -0.39 is 22.0 Å². The number of ether oxygens (including phenoxy) is 2. The number of nitrogens with one attached hydrogen (secondary N) is 1. The fraction of sp³-hybridized carbons (Fsp3) is 0.400. The zero-order valence-corrected chi connectivity index (χ0v) is 20.9. The third kappa shape index (κ3) is 4.60. The number of aliphatic imine (C=N–C) groups is 1. The smallest absolute Gasteiger partial charge is 0.275 e. The lowest BCUT2D eigenvalue weighted by Crippen LogP contribution is -2.49. The number of nitrogens with two attached hydrogens (primary N) is 1. The van der Waals surface area contributed by atoms with Crippen molar-refractivity contribution in [3.8, 4) is 18.2 Å². The van der Waals surface area contributed by atoms with Crippen LogP contribution in [0.25, 0.3) is 0 Å². The topological polar surface area (TPSA) is 132 Å². The zero-order valence-electron chi connectivity index (χ0n) is 20.1. The van der Waals surface area contributed by atoms with Gasteiger partial charge in [0.15, 0.2) is 11.8 Å². The van der Waals surface area contributed by atoms with Crippen LogP contribution >= 0.6 is 11.8 Å². The summed E-state index contributed by atoms with van der Waals surface area (Å²) in [6, 6.07) is 4.24. The van der Waals surface area contributed by atoms with Gasteiger partial charge in [-0.3, -0.25) is 14.6 Å². The lowest BCUT2D eigenvalue weighted by Gasteiger charge is -2.37. The molecular weight excluding hydrogens is 499 g/mol. The van der Waals surface area contributed by atoms with Crippen molar-refractivity contribution >= 4 is 34.4 Å². The molecule has 0 spiro atoms. The molecule has 12 heteroatoms. The van der Waals surface area contributed by atoms with E-state index in [1.54, 1.807) is 11.8 Å². The van der Waals surface area contributed by atoms with E-state index in [0.717, 1.165) is 0 Å². The fourth-order valence-corrected chi connectivity index (χ4v) is 6.34. The predicted molar refractivity (Wildman–Crippen MR) is 136 cm³/mol. The van der Waals surface area contributed by atoms with Crippen LogP contribution in [-0.4, -0.2) is 69.5 Å². The number of anilines is 1. The average Bonchev–Trinajstić information content (AvgIpc) is 3.65. The first-order chi connectivity index (χ1) is 17.8. The standard InChI is InChI=1S/C25H25FN6O4S/c1-3-8-36-20-14-28-18(13-29-20)21(33)30-15-4-5-17(26)16(11-15)24(2)19-12-25(19,37-23(27)31-24)22(34)32-6-9-35-10-7-32/h1,4-5,11,13-14,19H,6-10,12H2,2H3,(H2,27,31)(H,30,33)/t19?,24-,25+/m1/s1. The Morgan fingerprint density at radius 2 is 2.14 bits per heavy atom. The van der Waals surface area contributed by atoms with E-state index in [-0.39, 0.29) is 40.7 Å². The van der Waals surface area contributed by atoms with Gasteiger partial charge in [-0.1, -0.05) is 17.7 Å². The summed E-state index contributed by atoms with van der Waals surface area (Å²) < 4.78 is 25.0. The number of hydrogen-bond acceptors (Lipinski definition) is 9. The van der Waals surface area contributed by atoms with Gasteiger partial charge in [0, 0.05) is 30.3 Å². The number of halogens is 1. The zero-order chi connectivity index (χ0) is 26.2. The van der Waals surface area contributed by atoms with Crippen molar-refractivity contribution in [2.75, 3.05) is 38.2 Å². The number of amides is 2. The number of carbonyl (C=O) groups is 2. The van der Waals surface area contributed by atoms with Gasteiger partial charge in [0.25, 0.3) is 5.91 Å². The number of benzene rings is 1. The molecule has 2 amide bonds. The Hall–Kier alpha value is -3.69. The van der Waals surface area contributed by atoms with Crippen molar-refractivity contribution in [3.63, 3.8) is 0 Å². The lowest BCUT2D eigenvalue weighted by molar-refractivity contribution is -0.135. The predicted octanol–water partition coefficient (Wildman–Crippen LogP) is 1.77. The van der Waals surface area contributed by atoms with Crippen molar-refractivity contribution in [2.45, 2.75) is 23.6 Å². The van der Waals surface area contributed by atoms with Gasteiger partial charge in [-0.15, -0.1) is 6.42 Å². The lowest BCUT2D eigenvalue weighted by atomic mass is 9.85. The molecule has 1 aromatic carbocycles. The summed E-state index contributed by atoms with van der Waals surface area (Å²) in [6.45, 7) is 3.81. The van der Waals surface area contributed by atoms with Gasteiger partial charge < -0.3 is 25.4 Å². The Balaban J connectivity index is 1.38. The van der Waals surface area contributed by atoms with Crippen LogP contribution in [0.15, 0.2) is 35.6 Å². The van der Waals surface area contributed by atoms with Crippen LogP contribution in [-0.2, 0) is 15.1 Å². The number of amidine groups is 1. The van der Waals surface area contributed by atoms with Crippen LogP contribution in [0.3, 0.4) is 0 Å². The van der Waals surface area contributed by atoms with Gasteiger partial charge >= 0.3 is 0 Å². The molecule has 3 aliphatic rings. The Bertz CT molecular complexity index is 1310. The number of terminal acetylenes is 1. The molecule has 2 aromatic rings. The van der Waals surface area contributed by atoms with E-state index in [9.17, 15) is 9.59 Å². The fourth-order valence-electron chi connectivity index (χ4n) is 4.90. The average molecular weight is 525 g/mol. The molecule has 1 unspecified atom stereocenters. The molecule has 0 bridgehead atoms. The number of fused-ring (bicyclic) bond motifs is 1. The minimum Gasteiger partial charge on any atom is -0.463 e. The van der Waals surface area contributed by atoms with Gasteiger partial charge in [0.2, 0.25) is 11.8 Å². The maximum Gasteiger partial charge on any atom is 0.275 e. The van der Waals surface area contributed by atoms with E-state index in [1.807, 2.05) is 0 Å². The summed E-state index contributed by atoms with van der Waals surface area (Å²) in [5.74, 6) is 1.19. The van der Waals surface area contributed by atoms with E-state index in [1.165, 1.54) is 42.4 Å². The Labute approximate surface area is 217 Å². The first-order valence-electron chi connectivity index (χ1n) is 11.7. The maximum absolute atomic E-state index is 15.2. The molecule has 5 rings (SSSR count). The summed E-state index contributed by atoms with van der Waals surface area (Å²) in [5, 5.41) is 2.94. The number of nitrogens with zero attached hydrogens (tertiary/aromatic N) is 4. The highest BCUT2D eigenvalue weighted by atomic mass is 32.2. The molecule has 192 valence electrons. The number of morpholine rings is 1. The Morgan fingerprint density at radius 3 is 2.84 bits per heavy atom. The van der Waals surface area contributed by atoms with Crippen molar-refractivity contribution in [3.05, 3.63) is 47.7 Å². The minimum atomic E-state index is -1.09. The molecule has 3 heterocycles. The van der Waals surface area contributed by atoms with Gasteiger partial charge in [-0.05, 0) is 31.5 Å². The second kappa shape index (κ2) is 9.64. The molecule has 2 fully saturated rings. The summed E-state index contributed by atoms with van der Waals surface area (Å²) in [7, 11) is 0. The van der Waals surface area contributed by atoms with Crippen LogP contribution in [0, 0.1) is 24.1 Å². The van der Waals surface area contributed by atoms with Crippen LogP contribution in [0.1, 0.15) is 29.4 Å². The van der Waals surface area contributed by atoms with E-state index in [0.29, 0.717) is 38.4 Å². The number of carbonyl (C=O) groups excluding carboxylic acids is 2.